The number of hydrogen-bond donors (Lipinski definition) is 0. The first kappa shape index (κ1) is 25.1. The van der Waals surface area contributed by atoms with Crippen LogP contribution in [0.25, 0.3) is 71.9 Å². The number of hydrogen-bond acceptors (Lipinski definition) is 1. The summed E-state index contributed by atoms with van der Waals surface area (Å²) in [6.07, 6.45) is 0. The Kier molecular flexibility index (Phi) is 5.28. The van der Waals surface area contributed by atoms with Crippen molar-refractivity contribution in [3.05, 3.63) is 157 Å². The zero-order valence-corrected chi connectivity index (χ0v) is 24.8. The Morgan fingerprint density at radius 1 is 0.500 bits per heavy atom. The van der Waals surface area contributed by atoms with Crippen LogP contribution in [0.2, 0.25) is 0 Å². The van der Waals surface area contributed by atoms with Crippen LogP contribution < -0.4 is 0 Å². The molecule has 1 aromatic heterocycles. The maximum atomic E-state index is 5.36. The van der Waals surface area contributed by atoms with Gasteiger partial charge in [0.2, 0.25) is 0 Å². The van der Waals surface area contributed by atoms with Crippen molar-refractivity contribution in [1.82, 2.24) is 9.55 Å². The molecule has 44 heavy (non-hydrogen) atoms. The zero-order chi connectivity index (χ0) is 29.4. The van der Waals surface area contributed by atoms with Crippen LogP contribution >= 0.6 is 0 Å². The first-order chi connectivity index (χ1) is 21.6. The highest BCUT2D eigenvalue weighted by molar-refractivity contribution is 6.00. The van der Waals surface area contributed by atoms with Crippen LogP contribution in [-0.4, -0.2) is 9.55 Å². The second kappa shape index (κ2) is 9.26. The van der Waals surface area contributed by atoms with Crippen molar-refractivity contribution in [3.8, 4) is 39.3 Å². The van der Waals surface area contributed by atoms with Gasteiger partial charge in [-0.3, -0.25) is 4.57 Å². The van der Waals surface area contributed by atoms with Gasteiger partial charge in [-0.2, -0.15) is 0 Å². The van der Waals surface area contributed by atoms with E-state index in [0.29, 0.717) is 0 Å². The van der Waals surface area contributed by atoms with Crippen LogP contribution in [0.5, 0.6) is 0 Å². The highest BCUT2D eigenvalue weighted by atomic mass is 15.1. The smallest absolute Gasteiger partial charge is 0.145 e. The van der Waals surface area contributed by atoms with Crippen LogP contribution in [0.3, 0.4) is 0 Å². The van der Waals surface area contributed by atoms with Gasteiger partial charge in [0, 0.05) is 16.4 Å². The number of aromatic nitrogens is 2. The fourth-order valence-electron chi connectivity index (χ4n) is 7.32. The summed E-state index contributed by atoms with van der Waals surface area (Å²) in [5.74, 6) is 0.958. The minimum absolute atomic E-state index is 0.0775. The standard InChI is InChI=1S/C42H30N2/c1-42(2)36-21-19-31(27-11-4-3-5-12-27)23-34(36)35-24-32(20-22-37(35)42)41-43-38-25-29-14-6-7-15-30(29)26-40(38)44(41)39-18-10-16-28-13-8-9-17-33(28)39/h3-26H,1-2H3. The number of fused-ring (bicyclic) bond motifs is 6. The molecule has 1 heterocycles. The highest BCUT2D eigenvalue weighted by Gasteiger charge is 2.36. The summed E-state index contributed by atoms with van der Waals surface area (Å²) >= 11 is 0. The van der Waals surface area contributed by atoms with Gasteiger partial charge in [0.25, 0.3) is 0 Å². The lowest BCUT2D eigenvalue weighted by molar-refractivity contribution is 0.660. The third kappa shape index (κ3) is 3.64. The van der Waals surface area contributed by atoms with Crippen molar-refractivity contribution >= 4 is 32.6 Å². The molecule has 0 fully saturated rings. The molecule has 0 spiro atoms. The molecule has 0 bridgehead atoms. The van der Waals surface area contributed by atoms with Crippen molar-refractivity contribution in [2.24, 2.45) is 0 Å². The van der Waals surface area contributed by atoms with Gasteiger partial charge in [-0.05, 0) is 79.9 Å². The molecule has 0 unspecified atom stereocenters. The molecule has 0 amide bonds. The highest BCUT2D eigenvalue weighted by Crippen LogP contribution is 2.51. The van der Waals surface area contributed by atoms with Gasteiger partial charge in [-0.15, -0.1) is 0 Å². The molecular formula is C42H30N2. The average Bonchev–Trinajstić information content (AvgIpc) is 3.55. The maximum absolute atomic E-state index is 5.36. The lowest BCUT2D eigenvalue weighted by atomic mass is 9.82. The summed E-state index contributed by atoms with van der Waals surface area (Å²) in [5.41, 5.74) is 12.1. The summed E-state index contributed by atoms with van der Waals surface area (Å²) in [6.45, 7) is 4.69. The van der Waals surface area contributed by atoms with Gasteiger partial charge < -0.3 is 0 Å². The van der Waals surface area contributed by atoms with Gasteiger partial charge in [0.05, 0.1) is 16.7 Å². The molecule has 9 rings (SSSR count). The molecule has 1 aliphatic carbocycles. The Hall–Kier alpha value is -5.47. The molecule has 208 valence electrons. The first-order valence-electron chi connectivity index (χ1n) is 15.3. The van der Waals surface area contributed by atoms with Gasteiger partial charge in [0.15, 0.2) is 0 Å². The topological polar surface area (TPSA) is 17.8 Å². The molecule has 0 saturated heterocycles. The molecule has 0 radical (unpaired) electrons. The van der Waals surface area contributed by atoms with Crippen LogP contribution in [0.15, 0.2) is 146 Å². The van der Waals surface area contributed by atoms with Crippen molar-refractivity contribution in [2.45, 2.75) is 19.3 Å². The van der Waals surface area contributed by atoms with Crippen molar-refractivity contribution in [2.75, 3.05) is 0 Å². The number of nitrogens with zero attached hydrogens (tertiary/aromatic N) is 2. The largest absolute Gasteiger partial charge is 0.292 e. The number of rotatable bonds is 3. The van der Waals surface area contributed by atoms with E-state index in [1.165, 1.54) is 54.9 Å². The fraction of sp³-hybridized carbons (Fsp3) is 0.0714. The lowest BCUT2D eigenvalue weighted by Crippen LogP contribution is -2.14. The van der Waals surface area contributed by atoms with Gasteiger partial charge in [-0.25, -0.2) is 4.98 Å². The quantitative estimate of drug-likeness (QED) is 0.209. The van der Waals surface area contributed by atoms with E-state index in [2.05, 4.69) is 164 Å². The predicted molar refractivity (Wildman–Crippen MR) is 185 cm³/mol. The Morgan fingerprint density at radius 2 is 1.11 bits per heavy atom. The molecule has 2 heteroatoms. The zero-order valence-electron chi connectivity index (χ0n) is 24.8. The lowest BCUT2D eigenvalue weighted by Gasteiger charge is -2.21. The van der Waals surface area contributed by atoms with E-state index in [-0.39, 0.29) is 5.41 Å². The third-order valence-electron chi connectivity index (χ3n) is 9.57. The van der Waals surface area contributed by atoms with Gasteiger partial charge >= 0.3 is 0 Å². The molecule has 1 aliphatic rings. The molecule has 2 nitrogen and oxygen atoms in total. The van der Waals surface area contributed by atoms with Crippen molar-refractivity contribution < 1.29 is 0 Å². The normalized spacial score (nSPS) is 13.4. The van der Waals surface area contributed by atoms with Crippen molar-refractivity contribution in [1.29, 1.82) is 0 Å². The van der Waals surface area contributed by atoms with E-state index >= 15 is 0 Å². The van der Waals surface area contributed by atoms with Crippen molar-refractivity contribution in [3.63, 3.8) is 0 Å². The van der Waals surface area contributed by atoms with E-state index in [1.54, 1.807) is 0 Å². The Labute approximate surface area is 256 Å². The summed E-state index contributed by atoms with van der Waals surface area (Å²) in [4.78, 5) is 5.36. The summed E-state index contributed by atoms with van der Waals surface area (Å²) in [6, 6.07) is 52.9. The molecule has 0 atom stereocenters. The monoisotopic (exact) mass is 562 g/mol. The molecule has 0 N–H and O–H groups in total. The summed E-state index contributed by atoms with van der Waals surface area (Å²) < 4.78 is 2.37. The Bertz CT molecular complexity index is 2400. The van der Waals surface area contributed by atoms with Gasteiger partial charge in [0.1, 0.15) is 5.82 Å². The van der Waals surface area contributed by atoms with E-state index in [1.807, 2.05) is 0 Å². The Balaban J connectivity index is 1.32. The third-order valence-corrected chi connectivity index (χ3v) is 9.57. The maximum Gasteiger partial charge on any atom is 0.145 e. The summed E-state index contributed by atoms with van der Waals surface area (Å²) in [5, 5.41) is 4.85. The molecule has 0 saturated carbocycles. The summed E-state index contributed by atoms with van der Waals surface area (Å²) in [7, 11) is 0. The fourth-order valence-corrected chi connectivity index (χ4v) is 7.32. The van der Waals surface area contributed by atoms with Crippen LogP contribution in [0.1, 0.15) is 25.0 Å². The second-order valence-electron chi connectivity index (χ2n) is 12.5. The number of imidazole rings is 1. The molecule has 0 aliphatic heterocycles. The Morgan fingerprint density at radius 3 is 1.89 bits per heavy atom. The van der Waals surface area contributed by atoms with E-state index in [0.717, 1.165) is 28.1 Å². The van der Waals surface area contributed by atoms with E-state index in [4.69, 9.17) is 4.98 Å². The molecule has 7 aromatic carbocycles. The average molecular weight is 563 g/mol. The van der Waals surface area contributed by atoms with Gasteiger partial charge in [-0.1, -0.05) is 129 Å². The first-order valence-corrected chi connectivity index (χ1v) is 15.3. The van der Waals surface area contributed by atoms with Crippen LogP contribution in [0, 0.1) is 0 Å². The van der Waals surface area contributed by atoms with E-state index in [9.17, 15) is 0 Å². The minimum atomic E-state index is -0.0775. The molecule has 8 aromatic rings. The molecular weight excluding hydrogens is 532 g/mol. The van der Waals surface area contributed by atoms with Crippen LogP contribution in [0.4, 0.5) is 0 Å². The van der Waals surface area contributed by atoms with E-state index < -0.39 is 0 Å². The SMILES string of the molecule is CC1(C)c2ccc(-c3ccccc3)cc2-c2cc(-c3nc4cc5ccccc5cc4n3-c3cccc4ccccc34)ccc21. The number of benzene rings is 7. The minimum Gasteiger partial charge on any atom is -0.292 e. The predicted octanol–water partition coefficient (Wildman–Crippen LogP) is 11.0. The van der Waals surface area contributed by atoms with Crippen LogP contribution in [-0.2, 0) is 5.41 Å². The second-order valence-corrected chi connectivity index (χ2v) is 12.5.